The minimum absolute atomic E-state index is 0.192. The van der Waals surface area contributed by atoms with Gasteiger partial charge in [0.25, 0.3) is 0 Å². The molecule has 0 saturated carbocycles. The maximum atomic E-state index is 12.3. The van der Waals surface area contributed by atoms with Gasteiger partial charge in [0.15, 0.2) is 5.78 Å². The third-order valence-corrected chi connectivity index (χ3v) is 4.36. The van der Waals surface area contributed by atoms with E-state index in [1.165, 1.54) is 0 Å². The van der Waals surface area contributed by atoms with Crippen molar-refractivity contribution in [2.75, 3.05) is 39.8 Å². The van der Waals surface area contributed by atoms with Crippen LogP contribution >= 0.6 is 0 Å². The van der Waals surface area contributed by atoms with E-state index in [1.807, 2.05) is 24.3 Å². The third-order valence-electron chi connectivity index (χ3n) is 4.36. The number of rotatable bonds is 7. The predicted molar refractivity (Wildman–Crippen MR) is 85.1 cm³/mol. The van der Waals surface area contributed by atoms with Crippen LogP contribution in [-0.2, 0) is 0 Å². The molecule has 0 radical (unpaired) electrons. The van der Waals surface area contributed by atoms with Gasteiger partial charge in [-0.3, -0.25) is 14.6 Å². The highest BCUT2D eigenvalue weighted by Gasteiger charge is 2.27. The molecule has 1 fully saturated rings. The molecular weight excluding hydrogens is 264 g/mol. The summed E-state index contributed by atoms with van der Waals surface area (Å²) in [6.45, 7) is 9.11. The van der Waals surface area contributed by atoms with Gasteiger partial charge in [-0.2, -0.15) is 0 Å². The van der Waals surface area contributed by atoms with Crippen LogP contribution in [0.25, 0.3) is 0 Å². The molecule has 1 aliphatic heterocycles. The maximum Gasteiger partial charge on any atom is 0.176 e. The lowest BCUT2D eigenvalue weighted by Crippen LogP contribution is -2.38. The second-order valence-corrected chi connectivity index (χ2v) is 5.55. The molecule has 116 valence electrons. The monoisotopic (exact) mass is 290 g/mol. The first-order valence-corrected chi connectivity index (χ1v) is 7.81. The molecule has 1 unspecified atom stereocenters. The zero-order chi connectivity index (χ0) is 15.2. The Morgan fingerprint density at radius 3 is 2.52 bits per heavy atom. The van der Waals surface area contributed by atoms with Gasteiger partial charge < -0.3 is 4.74 Å². The molecule has 1 aromatic carbocycles. The van der Waals surface area contributed by atoms with E-state index in [0.29, 0.717) is 12.6 Å². The summed E-state index contributed by atoms with van der Waals surface area (Å²) in [6.07, 6.45) is 1.16. The van der Waals surface area contributed by atoms with E-state index in [-0.39, 0.29) is 5.78 Å². The van der Waals surface area contributed by atoms with Crippen LogP contribution in [0, 0.1) is 0 Å². The van der Waals surface area contributed by atoms with Crippen molar-refractivity contribution in [1.82, 2.24) is 9.80 Å². The number of methoxy groups -OCH3 is 1. The fraction of sp³-hybridized carbons (Fsp3) is 0.588. The lowest BCUT2D eigenvalue weighted by molar-refractivity contribution is 0.0939. The third kappa shape index (κ3) is 4.05. The van der Waals surface area contributed by atoms with Gasteiger partial charge in [-0.1, -0.05) is 13.8 Å². The van der Waals surface area contributed by atoms with Crippen molar-refractivity contribution in [2.45, 2.75) is 26.3 Å². The first kappa shape index (κ1) is 16.0. The largest absolute Gasteiger partial charge is 0.497 e. The summed E-state index contributed by atoms with van der Waals surface area (Å²) < 4.78 is 5.12. The Hall–Kier alpha value is -1.39. The maximum absolute atomic E-state index is 12.3. The summed E-state index contributed by atoms with van der Waals surface area (Å²) in [7, 11) is 1.63. The van der Waals surface area contributed by atoms with Crippen molar-refractivity contribution >= 4 is 5.78 Å². The van der Waals surface area contributed by atoms with Gasteiger partial charge in [0.05, 0.1) is 13.7 Å². The van der Waals surface area contributed by atoms with Crippen LogP contribution in [0.5, 0.6) is 5.75 Å². The fourth-order valence-electron chi connectivity index (χ4n) is 3.07. The normalized spacial score (nSPS) is 19.1. The van der Waals surface area contributed by atoms with Crippen LogP contribution < -0.4 is 4.74 Å². The smallest absolute Gasteiger partial charge is 0.176 e. The number of hydrogen-bond acceptors (Lipinski definition) is 4. The van der Waals surface area contributed by atoms with E-state index in [9.17, 15) is 4.79 Å². The van der Waals surface area contributed by atoms with E-state index < -0.39 is 0 Å². The molecule has 1 saturated heterocycles. The van der Waals surface area contributed by atoms with E-state index in [4.69, 9.17) is 4.74 Å². The van der Waals surface area contributed by atoms with Crippen molar-refractivity contribution < 1.29 is 9.53 Å². The molecule has 0 aromatic heterocycles. The van der Waals surface area contributed by atoms with Crippen LogP contribution in [-0.4, -0.2) is 61.5 Å². The number of ketones is 1. The summed E-state index contributed by atoms with van der Waals surface area (Å²) in [6, 6.07) is 7.98. The zero-order valence-corrected chi connectivity index (χ0v) is 13.3. The molecule has 4 heteroatoms. The number of carbonyl (C=O) groups excluding carboxylic acids is 1. The van der Waals surface area contributed by atoms with Crippen molar-refractivity contribution in [3.63, 3.8) is 0 Å². The van der Waals surface area contributed by atoms with Crippen LogP contribution in [0.15, 0.2) is 24.3 Å². The second kappa shape index (κ2) is 7.57. The SMILES string of the molecule is CCN(CC)C1CCN(CC(=O)c2ccc(OC)cc2)C1. The molecule has 1 atom stereocenters. The van der Waals surface area contributed by atoms with Gasteiger partial charge in [0.1, 0.15) is 5.75 Å². The van der Waals surface area contributed by atoms with E-state index in [1.54, 1.807) is 7.11 Å². The number of carbonyl (C=O) groups is 1. The summed E-state index contributed by atoms with van der Waals surface area (Å²) in [5.74, 6) is 0.979. The lowest BCUT2D eigenvalue weighted by atomic mass is 10.1. The Morgan fingerprint density at radius 2 is 1.95 bits per heavy atom. The van der Waals surface area contributed by atoms with Gasteiger partial charge in [0.2, 0.25) is 0 Å². The van der Waals surface area contributed by atoms with E-state index in [0.717, 1.165) is 43.9 Å². The van der Waals surface area contributed by atoms with Gasteiger partial charge >= 0.3 is 0 Å². The molecule has 0 aliphatic carbocycles. The minimum Gasteiger partial charge on any atom is -0.497 e. The molecule has 2 rings (SSSR count). The van der Waals surface area contributed by atoms with Gasteiger partial charge in [-0.25, -0.2) is 0 Å². The Balaban J connectivity index is 1.88. The Morgan fingerprint density at radius 1 is 1.29 bits per heavy atom. The fourth-order valence-corrected chi connectivity index (χ4v) is 3.07. The summed E-state index contributed by atoms with van der Waals surface area (Å²) >= 11 is 0. The predicted octanol–water partition coefficient (Wildman–Crippen LogP) is 2.29. The minimum atomic E-state index is 0.192. The number of nitrogens with zero attached hydrogens (tertiary/aromatic N) is 2. The van der Waals surface area contributed by atoms with E-state index >= 15 is 0 Å². The molecule has 1 aromatic rings. The molecule has 21 heavy (non-hydrogen) atoms. The number of ether oxygens (including phenoxy) is 1. The molecule has 0 bridgehead atoms. The van der Waals surface area contributed by atoms with Crippen LogP contribution in [0.3, 0.4) is 0 Å². The summed E-state index contributed by atoms with van der Waals surface area (Å²) in [4.78, 5) is 17.1. The van der Waals surface area contributed by atoms with Gasteiger partial charge in [0, 0.05) is 24.7 Å². The highest BCUT2D eigenvalue weighted by molar-refractivity contribution is 5.97. The summed E-state index contributed by atoms with van der Waals surface area (Å²) in [5.41, 5.74) is 0.766. The van der Waals surface area contributed by atoms with Crippen molar-refractivity contribution in [2.24, 2.45) is 0 Å². The number of likely N-dealkylation sites (N-methyl/N-ethyl adjacent to an activating group) is 1. The first-order valence-electron chi connectivity index (χ1n) is 7.81. The van der Waals surface area contributed by atoms with Crippen LogP contribution in [0.1, 0.15) is 30.6 Å². The quantitative estimate of drug-likeness (QED) is 0.721. The average molecular weight is 290 g/mol. The molecular formula is C17H26N2O2. The van der Waals surface area contributed by atoms with Crippen molar-refractivity contribution in [3.05, 3.63) is 29.8 Å². The van der Waals surface area contributed by atoms with Crippen molar-refractivity contribution in [3.8, 4) is 5.75 Å². The number of benzene rings is 1. The Bertz CT molecular complexity index is 454. The average Bonchev–Trinajstić information content (AvgIpc) is 2.97. The molecule has 0 N–H and O–H groups in total. The van der Waals surface area contributed by atoms with Gasteiger partial charge in [-0.15, -0.1) is 0 Å². The second-order valence-electron chi connectivity index (χ2n) is 5.55. The van der Waals surface area contributed by atoms with Crippen LogP contribution in [0.2, 0.25) is 0 Å². The summed E-state index contributed by atoms with van der Waals surface area (Å²) in [5, 5.41) is 0. The van der Waals surface area contributed by atoms with Crippen molar-refractivity contribution in [1.29, 1.82) is 0 Å². The number of hydrogen-bond donors (Lipinski definition) is 0. The number of likely N-dealkylation sites (tertiary alicyclic amines) is 1. The molecule has 0 amide bonds. The first-order chi connectivity index (χ1) is 10.2. The van der Waals surface area contributed by atoms with E-state index in [2.05, 4.69) is 23.6 Å². The Labute approximate surface area is 127 Å². The lowest BCUT2D eigenvalue weighted by Gasteiger charge is -2.26. The highest BCUT2D eigenvalue weighted by Crippen LogP contribution is 2.17. The van der Waals surface area contributed by atoms with Crippen LogP contribution in [0.4, 0.5) is 0 Å². The molecule has 1 heterocycles. The number of Topliss-reactive ketones (excluding diaryl/α,β-unsaturated/α-hetero) is 1. The standard InChI is InChI=1S/C17H26N2O2/c1-4-19(5-2)15-10-11-18(12-15)13-17(20)14-6-8-16(21-3)9-7-14/h6-9,15H,4-5,10-13H2,1-3H3. The highest BCUT2D eigenvalue weighted by atomic mass is 16.5. The Kier molecular flexibility index (Phi) is 5.76. The zero-order valence-electron chi connectivity index (χ0n) is 13.3. The topological polar surface area (TPSA) is 32.8 Å². The molecule has 0 spiro atoms. The molecule has 1 aliphatic rings. The van der Waals surface area contributed by atoms with Gasteiger partial charge in [-0.05, 0) is 43.8 Å². The molecule has 4 nitrogen and oxygen atoms in total.